The van der Waals surface area contributed by atoms with Crippen LogP contribution in [0.3, 0.4) is 0 Å². The predicted molar refractivity (Wildman–Crippen MR) is 99.4 cm³/mol. The van der Waals surface area contributed by atoms with E-state index in [1.54, 1.807) is 12.1 Å². The second kappa shape index (κ2) is 7.04. The predicted octanol–water partition coefficient (Wildman–Crippen LogP) is 4.46. The number of nitrogens with zero attached hydrogens (tertiary/aromatic N) is 2. The number of carbonyl (C=O) groups is 1. The number of urea groups is 1. The van der Waals surface area contributed by atoms with Gasteiger partial charge in [-0.25, -0.2) is 9.18 Å². The fourth-order valence-corrected chi connectivity index (χ4v) is 3.52. The van der Waals surface area contributed by atoms with E-state index in [1.165, 1.54) is 17.7 Å². The molecular formula is C21H20FN3O. The molecule has 2 aromatic carbocycles. The van der Waals surface area contributed by atoms with E-state index in [0.717, 1.165) is 18.7 Å². The molecule has 132 valence electrons. The summed E-state index contributed by atoms with van der Waals surface area (Å²) in [6, 6.07) is 19.9. The number of hydrogen-bond donors (Lipinski definition) is 1. The first-order chi connectivity index (χ1) is 12.7. The van der Waals surface area contributed by atoms with Crippen LogP contribution in [0, 0.1) is 5.82 Å². The number of anilines is 1. The van der Waals surface area contributed by atoms with Crippen LogP contribution >= 0.6 is 0 Å². The summed E-state index contributed by atoms with van der Waals surface area (Å²) in [5.41, 5.74) is 2.76. The van der Waals surface area contributed by atoms with Crippen LogP contribution in [0.25, 0.3) is 0 Å². The molecule has 0 fully saturated rings. The maximum absolute atomic E-state index is 13.4. The lowest BCUT2D eigenvalue weighted by Crippen LogP contribution is -2.44. The minimum Gasteiger partial charge on any atom is -0.348 e. The molecule has 26 heavy (non-hydrogen) atoms. The molecule has 1 unspecified atom stereocenters. The van der Waals surface area contributed by atoms with Gasteiger partial charge in [-0.2, -0.15) is 0 Å². The van der Waals surface area contributed by atoms with Gasteiger partial charge in [0.15, 0.2) is 0 Å². The number of carbonyl (C=O) groups excluding carboxylic acids is 1. The van der Waals surface area contributed by atoms with Gasteiger partial charge in [0.2, 0.25) is 0 Å². The molecular weight excluding hydrogens is 329 g/mol. The molecule has 2 amide bonds. The molecule has 1 aliphatic heterocycles. The largest absolute Gasteiger partial charge is 0.348 e. The van der Waals surface area contributed by atoms with E-state index in [0.29, 0.717) is 12.2 Å². The summed E-state index contributed by atoms with van der Waals surface area (Å²) in [7, 11) is 0. The molecule has 0 saturated heterocycles. The second-order valence-corrected chi connectivity index (χ2v) is 6.47. The molecule has 4 rings (SSSR count). The highest BCUT2D eigenvalue weighted by molar-refractivity contribution is 5.89. The third-order valence-corrected chi connectivity index (χ3v) is 4.77. The molecule has 5 heteroatoms. The molecule has 0 aliphatic carbocycles. The van der Waals surface area contributed by atoms with Crippen molar-refractivity contribution in [3.63, 3.8) is 0 Å². The van der Waals surface area contributed by atoms with Gasteiger partial charge in [0.1, 0.15) is 5.82 Å². The molecule has 1 N–H and O–H groups in total. The van der Waals surface area contributed by atoms with Crippen LogP contribution in [0.1, 0.15) is 17.3 Å². The molecule has 1 atom stereocenters. The zero-order chi connectivity index (χ0) is 17.9. The van der Waals surface area contributed by atoms with Crippen molar-refractivity contribution in [2.45, 2.75) is 19.0 Å². The number of halogens is 1. The fraction of sp³-hybridized carbons (Fsp3) is 0.190. The Hall–Kier alpha value is -3.08. The van der Waals surface area contributed by atoms with Gasteiger partial charge >= 0.3 is 6.03 Å². The highest BCUT2D eigenvalue weighted by Gasteiger charge is 2.31. The van der Waals surface area contributed by atoms with E-state index in [4.69, 9.17) is 0 Å². The van der Waals surface area contributed by atoms with Crippen LogP contribution in [0.5, 0.6) is 0 Å². The summed E-state index contributed by atoms with van der Waals surface area (Å²) in [5.74, 6) is -0.365. The summed E-state index contributed by atoms with van der Waals surface area (Å²) in [6.07, 6.45) is 2.79. The van der Waals surface area contributed by atoms with E-state index in [2.05, 4.69) is 34.3 Å². The maximum atomic E-state index is 13.4. The van der Waals surface area contributed by atoms with Gasteiger partial charge in [-0.1, -0.05) is 36.4 Å². The average Bonchev–Trinajstić information content (AvgIpc) is 3.12. The molecule has 2 heterocycles. The molecule has 0 spiro atoms. The SMILES string of the molecule is O=C(Nc1cccc(F)c1)N1CCn2cccc2C1Cc1ccccc1. The smallest absolute Gasteiger partial charge is 0.322 e. The van der Waals surface area contributed by atoms with E-state index in [-0.39, 0.29) is 17.9 Å². The van der Waals surface area contributed by atoms with Gasteiger partial charge in [0.05, 0.1) is 6.04 Å². The number of rotatable bonds is 3. The third kappa shape index (κ3) is 3.33. The van der Waals surface area contributed by atoms with Gasteiger partial charge in [-0.3, -0.25) is 0 Å². The Bertz CT molecular complexity index is 906. The topological polar surface area (TPSA) is 37.3 Å². The lowest BCUT2D eigenvalue weighted by molar-refractivity contribution is 0.167. The van der Waals surface area contributed by atoms with Crippen molar-refractivity contribution in [1.82, 2.24) is 9.47 Å². The Morgan fingerprint density at radius 1 is 1.04 bits per heavy atom. The minimum absolute atomic E-state index is 0.0605. The Balaban J connectivity index is 1.60. The van der Waals surface area contributed by atoms with Crippen LogP contribution in [-0.2, 0) is 13.0 Å². The summed E-state index contributed by atoms with van der Waals surface area (Å²) in [6.45, 7) is 1.37. The summed E-state index contributed by atoms with van der Waals surface area (Å²) in [5, 5.41) is 2.83. The Labute approximate surface area is 151 Å². The number of aromatic nitrogens is 1. The second-order valence-electron chi connectivity index (χ2n) is 6.47. The Kier molecular flexibility index (Phi) is 4.44. The third-order valence-electron chi connectivity index (χ3n) is 4.77. The van der Waals surface area contributed by atoms with E-state index >= 15 is 0 Å². The normalized spacial score (nSPS) is 16.2. The molecule has 0 bridgehead atoms. The fourth-order valence-electron chi connectivity index (χ4n) is 3.52. The zero-order valence-corrected chi connectivity index (χ0v) is 14.3. The molecule has 4 nitrogen and oxygen atoms in total. The molecule has 0 saturated carbocycles. The lowest BCUT2D eigenvalue weighted by Gasteiger charge is -2.37. The van der Waals surface area contributed by atoms with Gasteiger partial charge in [-0.15, -0.1) is 0 Å². The quantitative estimate of drug-likeness (QED) is 0.745. The summed E-state index contributed by atoms with van der Waals surface area (Å²) < 4.78 is 15.6. The number of fused-ring (bicyclic) bond motifs is 1. The average molecular weight is 349 g/mol. The highest BCUT2D eigenvalue weighted by Crippen LogP contribution is 2.30. The Morgan fingerprint density at radius 3 is 2.69 bits per heavy atom. The zero-order valence-electron chi connectivity index (χ0n) is 14.3. The van der Waals surface area contributed by atoms with Crippen molar-refractivity contribution in [1.29, 1.82) is 0 Å². The van der Waals surface area contributed by atoms with Gasteiger partial charge in [0.25, 0.3) is 0 Å². The molecule has 0 radical (unpaired) electrons. The number of benzene rings is 2. The van der Waals surface area contributed by atoms with Gasteiger partial charge in [-0.05, 0) is 42.3 Å². The first kappa shape index (κ1) is 16.4. The summed E-state index contributed by atoms with van der Waals surface area (Å²) >= 11 is 0. The van der Waals surface area contributed by atoms with Gasteiger partial charge < -0.3 is 14.8 Å². The van der Waals surface area contributed by atoms with Crippen LogP contribution in [0.2, 0.25) is 0 Å². The van der Waals surface area contributed by atoms with E-state index in [9.17, 15) is 9.18 Å². The first-order valence-electron chi connectivity index (χ1n) is 8.73. The van der Waals surface area contributed by atoms with E-state index < -0.39 is 0 Å². The monoisotopic (exact) mass is 349 g/mol. The maximum Gasteiger partial charge on any atom is 0.322 e. The van der Waals surface area contributed by atoms with Crippen LogP contribution in [0.4, 0.5) is 14.9 Å². The van der Waals surface area contributed by atoms with Crippen molar-refractivity contribution in [2.24, 2.45) is 0 Å². The van der Waals surface area contributed by atoms with Crippen LogP contribution < -0.4 is 5.32 Å². The molecule has 1 aromatic heterocycles. The van der Waals surface area contributed by atoms with Crippen LogP contribution in [0.15, 0.2) is 72.9 Å². The van der Waals surface area contributed by atoms with Crippen molar-refractivity contribution < 1.29 is 9.18 Å². The standard InChI is InChI=1S/C21H20FN3O/c22-17-8-4-9-18(15-17)23-21(26)25-13-12-24-11-5-10-19(24)20(25)14-16-6-2-1-3-7-16/h1-11,15,20H,12-14H2,(H,23,26). The molecule has 3 aromatic rings. The van der Waals surface area contributed by atoms with Crippen molar-refractivity contribution in [3.8, 4) is 0 Å². The number of nitrogens with one attached hydrogen (secondary N) is 1. The van der Waals surface area contributed by atoms with Crippen molar-refractivity contribution in [2.75, 3.05) is 11.9 Å². The van der Waals surface area contributed by atoms with Crippen molar-refractivity contribution in [3.05, 3.63) is 90.0 Å². The summed E-state index contributed by atoms with van der Waals surface area (Å²) in [4.78, 5) is 14.7. The Morgan fingerprint density at radius 2 is 1.88 bits per heavy atom. The number of amides is 2. The minimum atomic E-state index is -0.365. The van der Waals surface area contributed by atoms with Gasteiger partial charge in [0, 0.05) is 30.7 Å². The van der Waals surface area contributed by atoms with E-state index in [1.807, 2.05) is 29.2 Å². The van der Waals surface area contributed by atoms with Crippen molar-refractivity contribution >= 4 is 11.7 Å². The highest BCUT2D eigenvalue weighted by atomic mass is 19.1. The van der Waals surface area contributed by atoms with Crippen LogP contribution in [-0.4, -0.2) is 22.0 Å². The lowest BCUT2D eigenvalue weighted by atomic mass is 10.0. The first-order valence-corrected chi connectivity index (χ1v) is 8.73. The number of hydrogen-bond acceptors (Lipinski definition) is 1. The molecule has 1 aliphatic rings.